The van der Waals surface area contributed by atoms with Gasteiger partial charge in [0.15, 0.2) is 17.2 Å². The van der Waals surface area contributed by atoms with E-state index in [0.717, 1.165) is 0 Å². The highest BCUT2D eigenvalue weighted by molar-refractivity contribution is 5.96. The smallest absolute Gasteiger partial charge is 0.408 e. The second-order valence-electron chi connectivity index (χ2n) is 11.9. The average Bonchev–Trinajstić information content (AvgIpc) is 3.27. The van der Waals surface area contributed by atoms with E-state index in [1.807, 2.05) is 39.5 Å². The summed E-state index contributed by atoms with van der Waals surface area (Å²) in [6.45, 7) is 12.0. The molecule has 0 saturated heterocycles. The van der Waals surface area contributed by atoms with Gasteiger partial charge in [0.2, 0.25) is 0 Å². The van der Waals surface area contributed by atoms with Gasteiger partial charge in [0, 0.05) is 30.5 Å². The first-order valence-electron chi connectivity index (χ1n) is 13.8. The minimum Gasteiger partial charge on any atom is -0.490 e. The third-order valence-electron chi connectivity index (χ3n) is 7.04. The van der Waals surface area contributed by atoms with Gasteiger partial charge in [0.1, 0.15) is 35.4 Å². The van der Waals surface area contributed by atoms with Crippen molar-refractivity contribution in [3.63, 3.8) is 0 Å². The molecule has 41 heavy (non-hydrogen) atoms. The Morgan fingerprint density at radius 1 is 1.27 bits per heavy atom. The first-order valence-corrected chi connectivity index (χ1v) is 13.8. The van der Waals surface area contributed by atoms with Crippen LogP contribution in [0, 0.1) is 5.82 Å². The molecule has 5 rings (SSSR count). The van der Waals surface area contributed by atoms with Crippen LogP contribution in [-0.4, -0.2) is 63.2 Å². The molecule has 0 spiro atoms. The predicted octanol–water partition coefficient (Wildman–Crippen LogP) is 4.66. The molecule has 11 nitrogen and oxygen atoms in total. The third kappa shape index (κ3) is 6.15. The summed E-state index contributed by atoms with van der Waals surface area (Å²) in [6.07, 6.45) is 3.63. The Bertz CT molecular complexity index is 1460. The number of aromatic nitrogens is 3. The number of rotatable bonds is 7. The summed E-state index contributed by atoms with van der Waals surface area (Å²) in [5.41, 5.74) is 0.182. The lowest BCUT2D eigenvalue weighted by molar-refractivity contribution is 0.00868. The zero-order valence-corrected chi connectivity index (χ0v) is 24.2. The summed E-state index contributed by atoms with van der Waals surface area (Å²) in [4.78, 5) is 31.5. The van der Waals surface area contributed by atoms with Gasteiger partial charge < -0.3 is 29.2 Å². The van der Waals surface area contributed by atoms with Gasteiger partial charge >= 0.3 is 12.1 Å². The molecule has 2 aromatic heterocycles. The number of fused-ring (bicyclic) bond motifs is 2. The van der Waals surface area contributed by atoms with Gasteiger partial charge in [-0.15, -0.1) is 0 Å². The van der Waals surface area contributed by atoms with E-state index in [0.29, 0.717) is 48.0 Å². The van der Waals surface area contributed by atoms with Crippen molar-refractivity contribution in [1.29, 1.82) is 0 Å². The minimum absolute atomic E-state index is 0.104. The summed E-state index contributed by atoms with van der Waals surface area (Å²) >= 11 is 0. The van der Waals surface area contributed by atoms with Crippen LogP contribution in [0.5, 0.6) is 11.5 Å². The lowest BCUT2D eigenvalue weighted by atomic mass is 9.76. The van der Waals surface area contributed by atoms with Crippen molar-refractivity contribution < 1.29 is 32.9 Å². The van der Waals surface area contributed by atoms with Crippen LogP contribution in [-0.2, 0) is 16.0 Å². The van der Waals surface area contributed by atoms with E-state index in [2.05, 4.69) is 10.4 Å². The number of anilines is 1. The molecule has 1 aromatic carbocycles. The maximum absolute atomic E-state index is 14.5. The molecule has 1 amide bonds. The second kappa shape index (κ2) is 10.7. The number of hydrogen-bond acceptors (Lipinski definition) is 9. The van der Waals surface area contributed by atoms with E-state index < -0.39 is 23.2 Å². The Hall–Kier alpha value is -4.09. The average molecular weight is 570 g/mol. The number of carbonyl (C=O) groups is 2. The van der Waals surface area contributed by atoms with Crippen molar-refractivity contribution in [2.24, 2.45) is 0 Å². The van der Waals surface area contributed by atoms with Crippen LogP contribution in [0.25, 0.3) is 5.65 Å². The van der Waals surface area contributed by atoms with Crippen LogP contribution in [0.4, 0.5) is 15.0 Å². The van der Waals surface area contributed by atoms with Crippen molar-refractivity contribution in [3.05, 3.63) is 47.5 Å². The Morgan fingerprint density at radius 3 is 2.73 bits per heavy atom. The van der Waals surface area contributed by atoms with Gasteiger partial charge in [-0.25, -0.2) is 23.5 Å². The summed E-state index contributed by atoms with van der Waals surface area (Å²) < 4.78 is 38.7. The van der Waals surface area contributed by atoms with Gasteiger partial charge in [0.05, 0.1) is 25.0 Å². The van der Waals surface area contributed by atoms with E-state index in [1.165, 1.54) is 22.8 Å². The molecule has 1 fully saturated rings. The Balaban J connectivity index is 1.35. The van der Waals surface area contributed by atoms with E-state index >= 15 is 0 Å². The number of benzene rings is 1. The van der Waals surface area contributed by atoms with Crippen molar-refractivity contribution >= 4 is 23.5 Å². The highest BCUT2D eigenvalue weighted by atomic mass is 19.1. The molecular formula is C29H36FN5O6. The van der Waals surface area contributed by atoms with Crippen molar-refractivity contribution in [1.82, 2.24) is 19.9 Å². The molecule has 0 bridgehead atoms. The van der Waals surface area contributed by atoms with Crippen molar-refractivity contribution in [2.75, 3.05) is 18.1 Å². The SMILES string of the molecule is CCOC(=O)c1cnn2cc3c(nc12)N(Cc1cc(F)ccc1OC1CC(C)(NC(=O)OC(C)(C)C)C1)[C@H](C)CO3. The Morgan fingerprint density at radius 2 is 2.02 bits per heavy atom. The molecule has 0 unspecified atom stereocenters. The number of ether oxygens (including phenoxy) is 4. The van der Waals surface area contributed by atoms with E-state index in [9.17, 15) is 14.0 Å². The van der Waals surface area contributed by atoms with Crippen LogP contribution in [0.1, 0.15) is 70.3 Å². The standard InChI is InChI=1S/C29H36FN5O6/c1-7-38-26(36)21-13-31-35-15-23-25(32-24(21)35)34(17(2)16-39-23)14-18-10-19(30)8-9-22(18)40-20-11-29(6,12-20)33-27(37)41-28(3,4)5/h8-10,13,15,17,20H,7,11-12,14,16H2,1-6H3,(H,33,37)/t17-,20?,29?/m1/s1. The summed E-state index contributed by atoms with van der Waals surface area (Å²) in [7, 11) is 0. The number of hydrogen-bond donors (Lipinski definition) is 1. The largest absolute Gasteiger partial charge is 0.490 e. The molecule has 3 aromatic rings. The quantitative estimate of drug-likeness (QED) is 0.406. The maximum atomic E-state index is 14.5. The molecule has 1 aliphatic heterocycles. The Kier molecular flexibility index (Phi) is 7.43. The van der Waals surface area contributed by atoms with Crippen LogP contribution < -0.4 is 19.7 Å². The number of nitrogens with one attached hydrogen (secondary N) is 1. The third-order valence-corrected chi connectivity index (χ3v) is 7.04. The van der Waals surface area contributed by atoms with Gasteiger partial charge in [0.25, 0.3) is 0 Å². The highest BCUT2D eigenvalue weighted by Gasteiger charge is 2.44. The molecular weight excluding hydrogens is 533 g/mol. The lowest BCUT2D eigenvalue weighted by Crippen LogP contribution is -2.59. The fourth-order valence-corrected chi connectivity index (χ4v) is 5.12. The number of alkyl carbamates (subject to hydrolysis) is 1. The molecule has 1 aliphatic carbocycles. The van der Waals surface area contributed by atoms with Gasteiger partial charge in [-0.1, -0.05) is 0 Å². The topological polar surface area (TPSA) is 117 Å². The molecule has 1 saturated carbocycles. The predicted molar refractivity (Wildman–Crippen MR) is 148 cm³/mol. The number of nitrogens with zero attached hydrogens (tertiary/aromatic N) is 4. The molecule has 3 heterocycles. The zero-order valence-electron chi connectivity index (χ0n) is 24.2. The monoisotopic (exact) mass is 569 g/mol. The molecule has 2 aliphatic rings. The fraction of sp³-hybridized carbons (Fsp3) is 0.517. The van der Waals surface area contributed by atoms with Gasteiger partial charge in [-0.05, 0) is 59.7 Å². The molecule has 1 N–H and O–H groups in total. The first kappa shape index (κ1) is 28.4. The summed E-state index contributed by atoms with van der Waals surface area (Å²) in [5, 5.41) is 7.16. The minimum atomic E-state index is -0.586. The van der Waals surface area contributed by atoms with Crippen LogP contribution in [0.2, 0.25) is 0 Å². The van der Waals surface area contributed by atoms with Crippen LogP contribution in [0.3, 0.4) is 0 Å². The first-order chi connectivity index (χ1) is 19.3. The number of carbonyl (C=O) groups excluding carboxylic acids is 2. The number of esters is 1. The fourth-order valence-electron chi connectivity index (χ4n) is 5.12. The number of halogens is 1. The van der Waals surface area contributed by atoms with E-state index in [1.54, 1.807) is 19.2 Å². The van der Waals surface area contributed by atoms with Crippen LogP contribution in [0.15, 0.2) is 30.6 Å². The molecule has 12 heteroatoms. The maximum Gasteiger partial charge on any atom is 0.408 e. The summed E-state index contributed by atoms with van der Waals surface area (Å²) in [5.74, 6) is 0.655. The van der Waals surface area contributed by atoms with E-state index in [4.69, 9.17) is 23.9 Å². The zero-order chi connectivity index (χ0) is 29.5. The normalized spacial score (nSPS) is 21.9. The lowest BCUT2D eigenvalue weighted by Gasteiger charge is -2.45. The second-order valence-corrected chi connectivity index (χ2v) is 11.9. The number of amides is 1. The highest BCUT2D eigenvalue weighted by Crippen LogP contribution is 2.39. The molecule has 0 radical (unpaired) electrons. The Labute approximate surface area is 237 Å². The van der Waals surface area contributed by atoms with Gasteiger partial charge in [-0.2, -0.15) is 5.10 Å². The van der Waals surface area contributed by atoms with Crippen LogP contribution >= 0.6 is 0 Å². The molecule has 220 valence electrons. The van der Waals surface area contributed by atoms with Crippen molar-refractivity contribution in [3.8, 4) is 11.5 Å². The molecule has 1 atom stereocenters. The summed E-state index contributed by atoms with van der Waals surface area (Å²) in [6, 6.07) is 4.34. The van der Waals surface area contributed by atoms with E-state index in [-0.39, 0.29) is 36.7 Å². The van der Waals surface area contributed by atoms with Crippen molar-refractivity contribution in [2.45, 2.75) is 84.2 Å². The van der Waals surface area contributed by atoms with Gasteiger partial charge in [-0.3, -0.25) is 0 Å².